The van der Waals surface area contributed by atoms with Crippen LogP contribution in [0.3, 0.4) is 0 Å². The quantitative estimate of drug-likeness (QED) is 0.554. The van der Waals surface area contributed by atoms with Gasteiger partial charge in [-0.25, -0.2) is 0 Å². The fourth-order valence-electron chi connectivity index (χ4n) is 1.35. The van der Waals surface area contributed by atoms with E-state index in [0.29, 0.717) is 11.3 Å². The normalized spacial score (nSPS) is 19.4. The smallest absolute Gasteiger partial charge is 0.0359 e. The Balaban J connectivity index is 3.58. The second-order valence-electron chi connectivity index (χ2n) is 3.65. The molecular formula is C10H21Cl. The van der Waals surface area contributed by atoms with Gasteiger partial charge in [0.1, 0.15) is 0 Å². The summed E-state index contributed by atoms with van der Waals surface area (Å²) in [6.45, 7) is 8.96. The molecule has 0 N–H and O–H groups in total. The van der Waals surface area contributed by atoms with E-state index in [1.54, 1.807) is 0 Å². The average Bonchev–Trinajstić information content (AvgIpc) is 2.02. The Labute approximate surface area is 76.3 Å². The molecule has 0 heterocycles. The molecule has 3 unspecified atom stereocenters. The van der Waals surface area contributed by atoms with Crippen molar-refractivity contribution in [2.75, 3.05) is 0 Å². The molecule has 0 aromatic rings. The zero-order valence-electron chi connectivity index (χ0n) is 8.23. The Morgan fingerprint density at radius 2 is 1.64 bits per heavy atom. The summed E-state index contributed by atoms with van der Waals surface area (Å²) in [5, 5.41) is 0.379. The van der Waals surface area contributed by atoms with Crippen molar-refractivity contribution in [1.82, 2.24) is 0 Å². The highest BCUT2D eigenvalue weighted by molar-refractivity contribution is 6.20. The molecule has 0 aliphatic heterocycles. The lowest BCUT2D eigenvalue weighted by Gasteiger charge is -2.19. The van der Waals surface area contributed by atoms with Crippen LogP contribution in [-0.4, -0.2) is 5.38 Å². The molecular weight excluding hydrogens is 156 g/mol. The molecule has 0 aliphatic carbocycles. The molecule has 0 aromatic carbocycles. The van der Waals surface area contributed by atoms with Crippen molar-refractivity contribution in [2.45, 2.75) is 52.3 Å². The second-order valence-corrected chi connectivity index (χ2v) is 4.21. The van der Waals surface area contributed by atoms with Gasteiger partial charge in [-0.2, -0.15) is 0 Å². The number of rotatable bonds is 5. The van der Waals surface area contributed by atoms with Crippen LogP contribution in [0.5, 0.6) is 0 Å². The van der Waals surface area contributed by atoms with Gasteiger partial charge in [-0.15, -0.1) is 11.6 Å². The molecule has 1 heteroatoms. The lowest BCUT2D eigenvalue weighted by molar-refractivity contribution is 0.389. The molecule has 0 radical (unpaired) electrons. The summed E-state index contributed by atoms with van der Waals surface area (Å²) in [5.74, 6) is 1.51. The van der Waals surface area contributed by atoms with Crippen LogP contribution in [0.1, 0.15) is 47.0 Å². The highest BCUT2D eigenvalue weighted by Gasteiger charge is 2.14. The van der Waals surface area contributed by atoms with Crippen molar-refractivity contribution >= 4 is 11.6 Å². The van der Waals surface area contributed by atoms with Gasteiger partial charge in [0, 0.05) is 5.38 Å². The summed E-state index contributed by atoms with van der Waals surface area (Å²) in [4.78, 5) is 0. The molecule has 0 spiro atoms. The number of halogens is 1. The molecule has 0 saturated heterocycles. The van der Waals surface area contributed by atoms with Gasteiger partial charge in [0.25, 0.3) is 0 Å². The second kappa shape index (κ2) is 5.88. The van der Waals surface area contributed by atoms with E-state index in [0.717, 1.165) is 12.3 Å². The van der Waals surface area contributed by atoms with Crippen LogP contribution in [0.2, 0.25) is 0 Å². The Morgan fingerprint density at radius 3 is 2.00 bits per heavy atom. The Bertz CT molecular complexity index is 90.9. The predicted molar refractivity (Wildman–Crippen MR) is 53.2 cm³/mol. The molecule has 3 atom stereocenters. The minimum Gasteiger partial charge on any atom is -0.123 e. The Hall–Kier alpha value is 0.290. The van der Waals surface area contributed by atoms with Crippen molar-refractivity contribution in [2.24, 2.45) is 11.8 Å². The van der Waals surface area contributed by atoms with Gasteiger partial charge in [-0.1, -0.05) is 34.1 Å². The summed E-state index contributed by atoms with van der Waals surface area (Å²) in [6, 6.07) is 0. The predicted octanol–water partition coefficient (Wildman–Crippen LogP) is 4.08. The SMILES string of the molecule is CCC(C)CC(C)C(Cl)CC. The van der Waals surface area contributed by atoms with Gasteiger partial charge in [-0.3, -0.25) is 0 Å². The fourth-order valence-corrected chi connectivity index (χ4v) is 1.45. The highest BCUT2D eigenvalue weighted by atomic mass is 35.5. The largest absolute Gasteiger partial charge is 0.123 e. The maximum Gasteiger partial charge on any atom is 0.0359 e. The summed E-state index contributed by atoms with van der Waals surface area (Å²) in [6.07, 6.45) is 3.65. The lowest BCUT2D eigenvalue weighted by Crippen LogP contribution is -2.13. The third-order valence-electron chi connectivity index (χ3n) is 2.48. The standard InChI is InChI=1S/C10H21Cl/c1-5-8(3)7-9(4)10(11)6-2/h8-10H,5-7H2,1-4H3. The van der Waals surface area contributed by atoms with E-state index >= 15 is 0 Å². The van der Waals surface area contributed by atoms with E-state index in [1.165, 1.54) is 12.8 Å². The van der Waals surface area contributed by atoms with Crippen molar-refractivity contribution in [1.29, 1.82) is 0 Å². The number of alkyl halides is 1. The first-order valence-electron chi connectivity index (χ1n) is 4.75. The van der Waals surface area contributed by atoms with Gasteiger partial charge < -0.3 is 0 Å². The van der Waals surface area contributed by atoms with E-state index in [-0.39, 0.29) is 0 Å². The van der Waals surface area contributed by atoms with E-state index < -0.39 is 0 Å². The first-order chi connectivity index (χ1) is 5.11. The zero-order valence-corrected chi connectivity index (χ0v) is 8.99. The number of hydrogen-bond acceptors (Lipinski definition) is 0. The van der Waals surface area contributed by atoms with Crippen LogP contribution in [0, 0.1) is 11.8 Å². The zero-order chi connectivity index (χ0) is 8.85. The Kier molecular flexibility index (Phi) is 6.03. The van der Waals surface area contributed by atoms with Crippen LogP contribution < -0.4 is 0 Å². The van der Waals surface area contributed by atoms with Crippen molar-refractivity contribution in [3.8, 4) is 0 Å². The maximum atomic E-state index is 6.12. The van der Waals surface area contributed by atoms with Gasteiger partial charge in [0.05, 0.1) is 0 Å². The van der Waals surface area contributed by atoms with Crippen LogP contribution in [-0.2, 0) is 0 Å². The third kappa shape index (κ3) is 4.68. The lowest BCUT2D eigenvalue weighted by atomic mass is 9.92. The summed E-state index contributed by atoms with van der Waals surface area (Å²) < 4.78 is 0. The fraction of sp³-hybridized carbons (Fsp3) is 1.00. The van der Waals surface area contributed by atoms with Crippen molar-refractivity contribution < 1.29 is 0 Å². The summed E-state index contributed by atoms with van der Waals surface area (Å²) in [5.41, 5.74) is 0. The van der Waals surface area contributed by atoms with E-state index in [1.807, 2.05) is 0 Å². The molecule has 0 rings (SSSR count). The van der Waals surface area contributed by atoms with Crippen LogP contribution in [0.15, 0.2) is 0 Å². The summed E-state index contributed by atoms with van der Waals surface area (Å²) in [7, 11) is 0. The van der Waals surface area contributed by atoms with E-state index in [2.05, 4.69) is 27.7 Å². The van der Waals surface area contributed by atoms with Gasteiger partial charge >= 0.3 is 0 Å². The average molecular weight is 177 g/mol. The highest BCUT2D eigenvalue weighted by Crippen LogP contribution is 2.22. The van der Waals surface area contributed by atoms with Crippen molar-refractivity contribution in [3.63, 3.8) is 0 Å². The minimum absolute atomic E-state index is 0.379. The first-order valence-corrected chi connectivity index (χ1v) is 5.19. The summed E-state index contributed by atoms with van der Waals surface area (Å²) >= 11 is 6.12. The molecule has 0 saturated carbocycles. The topological polar surface area (TPSA) is 0 Å². The molecule has 11 heavy (non-hydrogen) atoms. The first kappa shape index (κ1) is 11.3. The molecule has 0 amide bonds. The van der Waals surface area contributed by atoms with Gasteiger partial charge in [-0.05, 0) is 24.7 Å². The van der Waals surface area contributed by atoms with Crippen LogP contribution in [0.4, 0.5) is 0 Å². The number of hydrogen-bond donors (Lipinski definition) is 0. The van der Waals surface area contributed by atoms with Crippen LogP contribution >= 0.6 is 11.6 Å². The van der Waals surface area contributed by atoms with Gasteiger partial charge in [0.2, 0.25) is 0 Å². The monoisotopic (exact) mass is 176 g/mol. The van der Waals surface area contributed by atoms with Crippen molar-refractivity contribution in [3.05, 3.63) is 0 Å². The van der Waals surface area contributed by atoms with Gasteiger partial charge in [0.15, 0.2) is 0 Å². The third-order valence-corrected chi connectivity index (χ3v) is 3.22. The molecule has 68 valence electrons. The molecule has 0 fully saturated rings. The Morgan fingerprint density at radius 1 is 1.09 bits per heavy atom. The van der Waals surface area contributed by atoms with E-state index in [9.17, 15) is 0 Å². The maximum absolute atomic E-state index is 6.12. The molecule has 0 bridgehead atoms. The minimum atomic E-state index is 0.379. The van der Waals surface area contributed by atoms with E-state index in [4.69, 9.17) is 11.6 Å². The molecule has 0 aliphatic rings. The van der Waals surface area contributed by atoms with Crippen LogP contribution in [0.25, 0.3) is 0 Å². The molecule has 0 nitrogen and oxygen atoms in total. The molecule has 0 aromatic heterocycles.